The number of nitrogens with zero attached hydrogens (tertiary/aromatic N) is 4. The fraction of sp³-hybridized carbons (Fsp3) is 0.250. The summed E-state index contributed by atoms with van der Waals surface area (Å²) in [5.74, 6) is -1.45. The number of aromatic nitrogens is 1. The third kappa shape index (κ3) is 3.31. The van der Waals surface area contributed by atoms with E-state index in [9.17, 15) is 17.2 Å². The number of piperazine rings is 1. The van der Waals surface area contributed by atoms with Gasteiger partial charge in [-0.15, -0.1) is 0 Å². The molecule has 25 heavy (non-hydrogen) atoms. The van der Waals surface area contributed by atoms with Gasteiger partial charge < -0.3 is 4.90 Å². The van der Waals surface area contributed by atoms with Crippen molar-refractivity contribution in [2.45, 2.75) is 4.90 Å². The highest BCUT2D eigenvalue weighted by molar-refractivity contribution is 7.89. The van der Waals surface area contributed by atoms with E-state index >= 15 is 0 Å². The predicted octanol–water partition coefficient (Wildman–Crippen LogP) is 1.74. The van der Waals surface area contributed by atoms with Crippen LogP contribution in [0.25, 0.3) is 0 Å². The van der Waals surface area contributed by atoms with Crippen molar-refractivity contribution < 1.29 is 17.2 Å². The lowest BCUT2D eigenvalue weighted by Crippen LogP contribution is -2.49. The van der Waals surface area contributed by atoms with Gasteiger partial charge in [0.1, 0.15) is 28.4 Å². The maximum Gasteiger partial charge on any atom is 0.246 e. The SMILES string of the molecule is N#Cc1cccnc1N1CCN(S(=O)(=O)c2ccc(F)cc2F)CC1. The highest BCUT2D eigenvalue weighted by atomic mass is 32.2. The molecule has 2 heterocycles. The normalized spacial score (nSPS) is 15.8. The van der Waals surface area contributed by atoms with E-state index in [0.29, 0.717) is 30.5 Å². The second-order valence-corrected chi connectivity index (χ2v) is 7.36. The van der Waals surface area contributed by atoms with Gasteiger partial charge in [-0.3, -0.25) is 0 Å². The predicted molar refractivity (Wildman–Crippen MR) is 86.3 cm³/mol. The summed E-state index contributed by atoms with van der Waals surface area (Å²) in [7, 11) is -4.05. The van der Waals surface area contributed by atoms with Crippen molar-refractivity contribution in [3.8, 4) is 6.07 Å². The van der Waals surface area contributed by atoms with Gasteiger partial charge in [0.2, 0.25) is 10.0 Å². The molecule has 130 valence electrons. The lowest BCUT2D eigenvalue weighted by atomic mass is 10.2. The Morgan fingerprint density at radius 1 is 1.12 bits per heavy atom. The van der Waals surface area contributed by atoms with Crippen LogP contribution in [0.3, 0.4) is 0 Å². The second kappa shape index (κ2) is 6.74. The van der Waals surface area contributed by atoms with E-state index in [1.54, 1.807) is 18.3 Å². The molecule has 0 saturated carbocycles. The van der Waals surface area contributed by atoms with E-state index in [1.165, 1.54) is 0 Å². The Morgan fingerprint density at radius 3 is 2.48 bits per heavy atom. The van der Waals surface area contributed by atoms with Crippen LogP contribution in [0, 0.1) is 23.0 Å². The van der Waals surface area contributed by atoms with Crippen molar-refractivity contribution in [1.29, 1.82) is 5.26 Å². The van der Waals surface area contributed by atoms with Crippen LogP contribution in [0.15, 0.2) is 41.4 Å². The van der Waals surface area contributed by atoms with Crippen LogP contribution < -0.4 is 4.90 Å². The molecule has 9 heteroatoms. The summed E-state index contributed by atoms with van der Waals surface area (Å²) in [4.78, 5) is 5.44. The molecule has 0 bridgehead atoms. The number of hydrogen-bond donors (Lipinski definition) is 0. The van der Waals surface area contributed by atoms with Gasteiger partial charge in [0, 0.05) is 38.4 Å². The van der Waals surface area contributed by atoms with Gasteiger partial charge in [0.15, 0.2) is 0 Å². The van der Waals surface area contributed by atoms with Crippen molar-refractivity contribution in [3.63, 3.8) is 0 Å². The molecule has 1 aromatic carbocycles. The molecule has 0 atom stereocenters. The summed E-state index contributed by atoms with van der Waals surface area (Å²) in [6, 6.07) is 7.74. The molecule has 1 saturated heterocycles. The van der Waals surface area contributed by atoms with Crippen LogP contribution in [0.1, 0.15) is 5.56 Å². The van der Waals surface area contributed by atoms with Crippen LogP contribution in [0.4, 0.5) is 14.6 Å². The van der Waals surface area contributed by atoms with E-state index in [4.69, 9.17) is 5.26 Å². The van der Waals surface area contributed by atoms with Crippen LogP contribution in [-0.2, 0) is 10.0 Å². The maximum absolute atomic E-state index is 13.8. The topological polar surface area (TPSA) is 77.3 Å². The lowest BCUT2D eigenvalue weighted by molar-refractivity contribution is 0.381. The first kappa shape index (κ1) is 17.3. The average Bonchev–Trinajstić information content (AvgIpc) is 2.61. The molecule has 0 unspecified atom stereocenters. The quantitative estimate of drug-likeness (QED) is 0.829. The molecule has 0 amide bonds. The van der Waals surface area contributed by atoms with E-state index in [1.807, 2.05) is 4.90 Å². The van der Waals surface area contributed by atoms with Crippen LogP contribution in [0.2, 0.25) is 0 Å². The molecule has 0 N–H and O–H groups in total. The van der Waals surface area contributed by atoms with Crippen molar-refractivity contribution in [2.75, 3.05) is 31.1 Å². The van der Waals surface area contributed by atoms with Gasteiger partial charge in [0.25, 0.3) is 0 Å². The van der Waals surface area contributed by atoms with E-state index < -0.39 is 26.6 Å². The molecule has 1 fully saturated rings. The minimum absolute atomic E-state index is 0.112. The van der Waals surface area contributed by atoms with Gasteiger partial charge >= 0.3 is 0 Å². The molecule has 3 rings (SSSR count). The molecular formula is C16H14F2N4O2S. The van der Waals surface area contributed by atoms with Gasteiger partial charge in [-0.1, -0.05) is 0 Å². The summed E-state index contributed by atoms with van der Waals surface area (Å²) in [5.41, 5.74) is 0.406. The van der Waals surface area contributed by atoms with E-state index in [-0.39, 0.29) is 13.1 Å². The molecule has 0 spiro atoms. The molecule has 2 aromatic rings. The smallest absolute Gasteiger partial charge is 0.246 e. The first-order valence-corrected chi connectivity index (χ1v) is 8.93. The first-order chi connectivity index (χ1) is 11.9. The number of benzene rings is 1. The van der Waals surface area contributed by atoms with Crippen LogP contribution in [0.5, 0.6) is 0 Å². The molecule has 0 radical (unpaired) electrons. The Labute approximate surface area is 144 Å². The minimum atomic E-state index is -4.05. The zero-order valence-electron chi connectivity index (χ0n) is 13.1. The van der Waals surface area contributed by atoms with Crippen molar-refractivity contribution in [3.05, 3.63) is 53.7 Å². The standard InChI is InChI=1S/C16H14F2N4O2S/c17-13-3-4-15(14(18)10-13)25(23,24)22-8-6-21(7-9-22)16-12(11-19)2-1-5-20-16/h1-5,10H,6-9H2. The molecule has 6 nitrogen and oxygen atoms in total. The van der Waals surface area contributed by atoms with Crippen LogP contribution >= 0.6 is 0 Å². The Bertz CT molecular complexity index is 935. The Kier molecular flexibility index (Phi) is 4.65. The zero-order valence-corrected chi connectivity index (χ0v) is 13.9. The monoisotopic (exact) mass is 364 g/mol. The molecular weight excluding hydrogens is 350 g/mol. The van der Waals surface area contributed by atoms with Crippen molar-refractivity contribution in [2.24, 2.45) is 0 Å². The summed E-state index contributed by atoms with van der Waals surface area (Å²) < 4.78 is 53.1. The Balaban J connectivity index is 1.79. The third-order valence-electron chi connectivity index (χ3n) is 3.96. The number of hydrogen-bond acceptors (Lipinski definition) is 5. The second-order valence-electron chi connectivity index (χ2n) is 5.45. The van der Waals surface area contributed by atoms with E-state index in [0.717, 1.165) is 16.4 Å². The Morgan fingerprint density at radius 2 is 1.84 bits per heavy atom. The maximum atomic E-state index is 13.8. The minimum Gasteiger partial charge on any atom is -0.353 e. The van der Waals surface area contributed by atoms with Gasteiger partial charge in [-0.2, -0.15) is 9.57 Å². The van der Waals surface area contributed by atoms with Crippen LogP contribution in [-0.4, -0.2) is 43.9 Å². The van der Waals surface area contributed by atoms with Gasteiger partial charge in [0.05, 0.1) is 5.56 Å². The number of anilines is 1. The third-order valence-corrected chi connectivity index (χ3v) is 5.89. The number of sulfonamides is 1. The summed E-state index contributed by atoms with van der Waals surface area (Å²) in [5, 5.41) is 9.14. The van der Waals surface area contributed by atoms with E-state index in [2.05, 4.69) is 11.1 Å². The number of pyridine rings is 1. The number of nitriles is 1. The summed E-state index contributed by atoms with van der Waals surface area (Å²) >= 11 is 0. The van der Waals surface area contributed by atoms with Crippen molar-refractivity contribution in [1.82, 2.24) is 9.29 Å². The largest absolute Gasteiger partial charge is 0.353 e. The van der Waals surface area contributed by atoms with Gasteiger partial charge in [-0.05, 0) is 24.3 Å². The lowest BCUT2D eigenvalue weighted by Gasteiger charge is -2.35. The fourth-order valence-corrected chi connectivity index (χ4v) is 4.17. The molecule has 0 aliphatic carbocycles. The van der Waals surface area contributed by atoms with Gasteiger partial charge in [-0.25, -0.2) is 22.2 Å². The highest BCUT2D eigenvalue weighted by Crippen LogP contribution is 2.23. The molecule has 1 aromatic heterocycles. The summed E-state index contributed by atoms with van der Waals surface area (Å²) in [6.07, 6.45) is 1.56. The molecule has 1 aliphatic heterocycles. The average molecular weight is 364 g/mol. The molecule has 1 aliphatic rings. The number of rotatable bonds is 3. The van der Waals surface area contributed by atoms with Crippen molar-refractivity contribution >= 4 is 15.8 Å². The number of halogens is 2. The Hall–Kier alpha value is -2.57. The highest BCUT2D eigenvalue weighted by Gasteiger charge is 2.31. The zero-order chi connectivity index (χ0) is 18.0. The fourth-order valence-electron chi connectivity index (χ4n) is 2.70. The summed E-state index contributed by atoms with van der Waals surface area (Å²) in [6.45, 7) is 0.850. The first-order valence-electron chi connectivity index (χ1n) is 7.49.